The minimum atomic E-state index is -0.553. The highest BCUT2D eigenvalue weighted by Gasteiger charge is 2.22. The first-order chi connectivity index (χ1) is 13.0. The molecule has 0 radical (unpaired) electrons. The molecule has 136 valence electrons. The van der Waals surface area contributed by atoms with Gasteiger partial charge in [0.2, 0.25) is 0 Å². The van der Waals surface area contributed by atoms with Crippen molar-refractivity contribution < 1.29 is 4.79 Å². The van der Waals surface area contributed by atoms with E-state index >= 15 is 0 Å². The maximum atomic E-state index is 12.9. The number of carbonyl (C=O) groups excluding carboxylic acids is 1. The van der Waals surface area contributed by atoms with E-state index in [1.807, 2.05) is 24.3 Å². The highest BCUT2D eigenvalue weighted by molar-refractivity contribution is 7.80. The van der Waals surface area contributed by atoms with E-state index in [0.717, 1.165) is 0 Å². The van der Waals surface area contributed by atoms with E-state index in [4.69, 9.17) is 0 Å². The average Bonchev–Trinajstić information content (AvgIpc) is 2.69. The Bertz CT molecular complexity index is 1040. The molecule has 0 atom stereocenters. The van der Waals surface area contributed by atoms with E-state index < -0.39 is 11.5 Å². The second kappa shape index (κ2) is 8.01. The summed E-state index contributed by atoms with van der Waals surface area (Å²) in [6.45, 7) is 0. The second-order valence-corrected chi connectivity index (χ2v) is 6.45. The van der Waals surface area contributed by atoms with Crippen molar-refractivity contribution >= 4 is 24.9 Å². The van der Waals surface area contributed by atoms with Crippen molar-refractivity contribution in [2.75, 3.05) is 14.1 Å². The third-order valence-corrected chi connectivity index (χ3v) is 4.16. The van der Waals surface area contributed by atoms with Crippen molar-refractivity contribution in [2.45, 2.75) is 4.90 Å². The maximum Gasteiger partial charge on any atom is 0.299 e. The lowest BCUT2D eigenvalue weighted by Gasteiger charge is -2.13. The van der Waals surface area contributed by atoms with Crippen molar-refractivity contribution in [3.8, 4) is 16.8 Å². The van der Waals surface area contributed by atoms with Gasteiger partial charge in [-0.05, 0) is 17.7 Å². The van der Waals surface area contributed by atoms with Gasteiger partial charge in [0.15, 0.2) is 5.69 Å². The molecular formula is C20H18N4O2S. The minimum absolute atomic E-state index is 0.0627. The normalized spacial score (nSPS) is 10.9. The number of aliphatic imine (C=N–C) groups is 1. The number of amides is 1. The lowest BCUT2D eigenvalue weighted by atomic mass is 10.0. The number of aromatic nitrogens is 2. The Hall–Kier alpha value is -3.19. The third-order valence-electron chi connectivity index (χ3n) is 3.74. The Balaban J connectivity index is 2.28. The van der Waals surface area contributed by atoms with Gasteiger partial charge in [-0.15, -0.1) is 12.6 Å². The molecule has 2 aromatic carbocycles. The van der Waals surface area contributed by atoms with Gasteiger partial charge in [0, 0.05) is 19.7 Å². The molecule has 0 spiro atoms. The molecule has 0 aliphatic rings. The zero-order valence-corrected chi connectivity index (χ0v) is 15.8. The quantitative estimate of drug-likeness (QED) is 0.431. The summed E-state index contributed by atoms with van der Waals surface area (Å²) in [6.07, 6.45) is 1.40. The summed E-state index contributed by atoms with van der Waals surface area (Å²) in [5, 5.41) is 4.33. The third kappa shape index (κ3) is 3.98. The van der Waals surface area contributed by atoms with Crippen molar-refractivity contribution in [3.63, 3.8) is 0 Å². The maximum absolute atomic E-state index is 12.9. The van der Waals surface area contributed by atoms with Crippen LogP contribution in [0.15, 0.2) is 75.3 Å². The largest absolute Gasteiger partial charge is 0.369 e. The number of hydrogen-bond donors (Lipinski definition) is 1. The van der Waals surface area contributed by atoms with Gasteiger partial charge in [0.25, 0.3) is 11.5 Å². The number of para-hydroxylation sites is 1. The molecular weight excluding hydrogens is 360 g/mol. The van der Waals surface area contributed by atoms with Gasteiger partial charge in [0.05, 0.1) is 16.9 Å². The Labute approximate surface area is 162 Å². The average molecular weight is 378 g/mol. The molecule has 3 aromatic rings. The van der Waals surface area contributed by atoms with Crippen LogP contribution < -0.4 is 5.56 Å². The molecule has 0 aliphatic heterocycles. The van der Waals surface area contributed by atoms with Gasteiger partial charge < -0.3 is 4.90 Å². The first-order valence-corrected chi connectivity index (χ1v) is 8.66. The molecule has 0 aliphatic carbocycles. The number of hydrogen-bond acceptors (Lipinski definition) is 4. The highest BCUT2D eigenvalue weighted by Crippen LogP contribution is 2.27. The van der Waals surface area contributed by atoms with E-state index in [2.05, 4.69) is 22.7 Å². The van der Waals surface area contributed by atoms with Crippen molar-refractivity contribution in [1.29, 1.82) is 0 Å². The first-order valence-electron chi connectivity index (χ1n) is 8.21. The summed E-state index contributed by atoms with van der Waals surface area (Å²) in [6, 6.07) is 18.0. The van der Waals surface area contributed by atoms with Crippen molar-refractivity contribution in [1.82, 2.24) is 14.7 Å². The SMILES string of the molecule is CN(C)C=NC(=O)c1nn(-c2ccccc2)c(=O)c(S)c1-c1ccccc1. The Morgan fingerprint density at radius 2 is 1.67 bits per heavy atom. The summed E-state index contributed by atoms with van der Waals surface area (Å²) in [5.41, 5.74) is 1.25. The fourth-order valence-corrected chi connectivity index (χ4v) is 2.85. The van der Waals surface area contributed by atoms with Crippen LogP contribution in [0.25, 0.3) is 16.8 Å². The summed E-state index contributed by atoms with van der Waals surface area (Å²) in [5.74, 6) is -0.553. The van der Waals surface area contributed by atoms with Crippen LogP contribution in [0.5, 0.6) is 0 Å². The van der Waals surface area contributed by atoms with Crippen LogP contribution in [0, 0.1) is 0 Å². The summed E-state index contributed by atoms with van der Waals surface area (Å²) >= 11 is 4.43. The summed E-state index contributed by atoms with van der Waals surface area (Å²) < 4.78 is 1.17. The van der Waals surface area contributed by atoms with E-state index in [-0.39, 0.29) is 10.6 Å². The number of nitrogens with zero attached hydrogens (tertiary/aromatic N) is 4. The molecule has 3 rings (SSSR count). The predicted octanol–water partition coefficient (Wildman–Crippen LogP) is 2.92. The zero-order chi connectivity index (χ0) is 19.4. The van der Waals surface area contributed by atoms with Crippen LogP contribution in [0.1, 0.15) is 10.5 Å². The fourth-order valence-electron chi connectivity index (χ4n) is 2.52. The molecule has 6 nitrogen and oxygen atoms in total. The molecule has 0 saturated heterocycles. The number of benzene rings is 2. The second-order valence-electron chi connectivity index (χ2n) is 6.00. The number of thiol groups is 1. The molecule has 0 unspecified atom stereocenters. The molecule has 0 N–H and O–H groups in total. The van der Waals surface area contributed by atoms with Gasteiger partial charge in [-0.1, -0.05) is 48.5 Å². The summed E-state index contributed by atoms with van der Waals surface area (Å²) in [7, 11) is 3.52. The highest BCUT2D eigenvalue weighted by atomic mass is 32.1. The lowest BCUT2D eigenvalue weighted by molar-refractivity contribution is 0.0996. The Morgan fingerprint density at radius 1 is 1.07 bits per heavy atom. The lowest BCUT2D eigenvalue weighted by Crippen LogP contribution is -2.26. The van der Waals surface area contributed by atoms with E-state index in [0.29, 0.717) is 16.8 Å². The summed E-state index contributed by atoms with van der Waals surface area (Å²) in [4.78, 5) is 31.3. The number of carbonyl (C=O) groups is 1. The zero-order valence-electron chi connectivity index (χ0n) is 14.9. The van der Waals surface area contributed by atoms with Gasteiger partial charge in [0.1, 0.15) is 0 Å². The molecule has 0 fully saturated rings. The van der Waals surface area contributed by atoms with Crippen LogP contribution in [0.2, 0.25) is 0 Å². The molecule has 7 heteroatoms. The van der Waals surface area contributed by atoms with Gasteiger partial charge >= 0.3 is 0 Å². The smallest absolute Gasteiger partial charge is 0.299 e. The molecule has 27 heavy (non-hydrogen) atoms. The topological polar surface area (TPSA) is 67.6 Å². The minimum Gasteiger partial charge on any atom is -0.369 e. The van der Waals surface area contributed by atoms with Gasteiger partial charge in [-0.2, -0.15) is 14.8 Å². The Morgan fingerprint density at radius 3 is 2.26 bits per heavy atom. The van der Waals surface area contributed by atoms with Crippen LogP contribution in [-0.4, -0.2) is 41.0 Å². The molecule has 1 amide bonds. The molecule has 1 aromatic heterocycles. The molecule has 1 heterocycles. The predicted molar refractivity (Wildman–Crippen MR) is 109 cm³/mol. The van der Waals surface area contributed by atoms with Gasteiger partial charge in [-0.3, -0.25) is 9.59 Å². The molecule has 0 saturated carbocycles. The number of rotatable bonds is 4. The van der Waals surface area contributed by atoms with Crippen molar-refractivity contribution in [3.05, 3.63) is 76.7 Å². The van der Waals surface area contributed by atoms with Gasteiger partial charge in [-0.25, -0.2) is 0 Å². The van der Waals surface area contributed by atoms with Crippen molar-refractivity contribution in [2.24, 2.45) is 4.99 Å². The monoisotopic (exact) mass is 378 g/mol. The van der Waals surface area contributed by atoms with Crippen LogP contribution in [0.4, 0.5) is 0 Å². The van der Waals surface area contributed by atoms with E-state index in [1.165, 1.54) is 11.0 Å². The standard InChI is InChI=1S/C20H18N4O2S/c1-23(2)13-21-19(25)17-16(14-9-5-3-6-10-14)18(27)20(26)24(22-17)15-11-7-4-8-12-15/h3-13,27H,1-2H3. The van der Waals surface area contributed by atoms with Crippen LogP contribution in [0.3, 0.4) is 0 Å². The van der Waals surface area contributed by atoms with E-state index in [9.17, 15) is 9.59 Å². The van der Waals surface area contributed by atoms with E-state index in [1.54, 1.807) is 55.4 Å². The van der Waals surface area contributed by atoms with Crippen LogP contribution in [-0.2, 0) is 0 Å². The fraction of sp³-hybridized carbons (Fsp3) is 0.100. The molecule has 0 bridgehead atoms. The Kier molecular flexibility index (Phi) is 5.52. The van der Waals surface area contributed by atoms with Crippen LogP contribution >= 0.6 is 12.6 Å². The first kappa shape index (κ1) is 18.6.